The second-order valence-electron chi connectivity index (χ2n) is 4.75. The Balaban J connectivity index is 1.80. The molecule has 0 saturated heterocycles. The zero-order valence-electron chi connectivity index (χ0n) is 11.5. The summed E-state index contributed by atoms with van der Waals surface area (Å²) < 4.78 is 11.1. The third-order valence-corrected chi connectivity index (χ3v) is 3.32. The van der Waals surface area contributed by atoms with E-state index < -0.39 is 0 Å². The van der Waals surface area contributed by atoms with E-state index in [2.05, 4.69) is 20.2 Å². The van der Waals surface area contributed by atoms with Gasteiger partial charge in [0.25, 0.3) is 0 Å². The molecule has 3 aromatic rings. The van der Waals surface area contributed by atoms with E-state index in [-0.39, 0.29) is 5.88 Å². The maximum atomic E-state index is 10.0. The van der Waals surface area contributed by atoms with Gasteiger partial charge in [0.15, 0.2) is 23.0 Å². The van der Waals surface area contributed by atoms with Gasteiger partial charge >= 0.3 is 0 Å². The van der Waals surface area contributed by atoms with Gasteiger partial charge in [-0.25, -0.2) is 4.98 Å². The molecule has 1 aliphatic heterocycles. The molecule has 0 fully saturated rings. The Hall–Kier alpha value is -3.09. The van der Waals surface area contributed by atoms with Crippen molar-refractivity contribution in [3.8, 4) is 17.4 Å². The lowest BCUT2D eigenvalue weighted by atomic mass is 10.2. The van der Waals surface area contributed by atoms with Crippen molar-refractivity contribution in [2.75, 3.05) is 13.2 Å². The number of pyridine rings is 1. The number of H-pyrrole nitrogens is 1. The Labute approximate surface area is 125 Å². The number of fused-ring (bicyclic) bond motifs is 2. The van der Waals surface area contributed by atoms with Crippen LogP contribution in [-0.4, -0.2) is 28.3 Å². The number of hydrogen-bond donors (Lipinski definition) is 2. The van der Waals surface area contributed by atoms with Gasteiger partial charge < -0.3 is 19.6 Å². The average molecular weight is 296 g/mol. The van der Waals surface area contributed by atoms with Gasteiger partial charge in [-0.05, 0) is 18.2 Å². The van der Waals surface area contributed by atoms with Crippen LogP contribution in [0, 0.1) is 0 Å². The highest BCUT2D eigenvalue weighted by Gasteiger charge is 2.18. The molecule has 0 saturated carbocycles. The molecular weight excluding hydrogens is 284 g/mol. The van der Waals surface area contributed by atoms with Crippen LogP contribution in [0.4, 0.5) is 11.5 Å². The predicted octanol–water partition coefficient (Wildman–Crippen LogP) is 3.46. The van der Waals surface area contributed by atoms with Crippen molar-refractivity contribution >= 4 is 22.4 Å². The molecule has 2 N–H and O–H groups in total. The van der Waals surface area contributed by atoms with E-state index in [0.29, 0.717) is 47.1 Å². The number of aromatic nitrogens is 2. The molecule has 1 aromatic carbocycles. The van der Waals surface area contributed by atoms with Crippen LogP contribution in [0.25, 0.3) is 10.9 Å². The molecule has 0 radical (unpaired) electrons. The molecule has 3 heterocycles. The van der Waals surface area contributed by atoms with Crippen LogP contribution < -0.4 is 9.47 Å². The van der Waals surface area contributed by atoms with Gasteiger partial charge in [0.2, 0.25) is 5.88 Å². The topological polar surface area (TPSA) is 92.1 Å². The van der Waals surface area contributed by atoms with Gasteiger partial charge in [-0.1, -0.05) is 6.07 Å². The van der Waals surface area contributed by atoms with Gasteiger partial charge in [-0.3, -0.25) is 0 Å². The lowest BCUT2D eigenvalue weighted by Crippen LogP contribution is -2.15. The molecule has 0 spiro atoms. The van der Waals surface area contributed by atoms with Crippen molar-refractivity contribution < 1.29 is 14.6 Å². The summed E-state index contributed by atoms with van der Waals surface area (Å²) in [4.78, 5) is 6.92. The summed E-state index contributed by atoms with van der Waals surface area (Å²) in [5, 5.41) is 18.9. The molecule has 0 aliphatic carbocycles. The second kappa shape index (κ2) is 5.03. The summed E-state index contributed by atoms with van der Waals surface area (Å²) in [5.41, 5.74) is 1.05. The van der Waals surface area contributed by atoms with Crippen molar-refractivity contribution in [1.29, 1.82) is 0 Å². The zero-order chi connectivity index (χ0) is 14.9. The number of azo groups is 1. The Morgan fingerprint density at radius 3 is 2.68 bits per heavy atom. The van der Waals surface area contributed by atoms with Gasteiger partial charge in [-0.15, -0.1) is 10.2 Å². The molecule has 7 nitrogen and oxygen atoms in total. The molecule has 4 rings (SSSR count). The molecule has 7 heteroatoms. The summed E-state index contributed by atoms with van der Waals surface area (Å²) in [6.07, 6.45) is 1.63. The largest absolute Gasteiger partial charge is 0.493 e. The fourth-order valence-corrected chi connectivity index (χ4v) is 2.32. The SMILES string of the molecule is Oc1[nH]c2cc3c(cc2c1N=Nc1ccccn1)OCCO3. The minimum Gasteiger partial charge on any atom is -0.493 e. The molecule has 0 amide bonds. The van der Waals surface area contributed by atoms with E-state index in [1.54, 1.807) is 30.5 Å². The lowest BCUT2D eigenvalue weighted by Gasteiger charge is -2.17. The van der Waals surface area contributed by atoms with Crippen LogP contribution in [0.15, 0.2) is 46.8 Å². The van der Waals surface area contributed by atoms with Crippen molar-refractivity contribution in [2.24, 2.45) is 10.2 Å². The van der Waals surface area contributed by atoms with Gasteiger partial charge in [0.1, 0.15) is 13.2 Å². The molecule has 0 bridgehead atoms. The van der Waals surface area contributed by atoms with Crippen molar-refractivity contribution in [1.82, 2.24) is 9.97 Å². The number of aromatic amines is 1. The molecular formula is C15H12N4O3. The Bertz CT molecular complexity index is 858. The maximum absolute atomic E-state index is 10.0. The van der Waals surface area contributed by atoms with Crippen molar-refractivity contribution in [3.05, 3.63) is 36.5 Å². The smallest absolute Gasteiger partial charge is 0.218 e. The standard InChI is InChI=1S/C15H12N4O3/c20-15-14(19-18-13-3-1-2-4-16-13)9-7-11-12(8-10(9)17-15)22-6-5-21-11/h1-4,7-8,17,20H,5-6H2. The third kappa shape index (κ3) is 2.12. The van der Waals surface area contributed by atoms with E-state index in [1.165, 1.54) is 0 Å². The minimum absolute atomic E-state index is 0.0583. The van der Waals surface area contributed by atoms with Gasteiger partial charge in [0, 0.05) is 17.6 Å². The number of hydrogen-bond acceptors (Lipinski definition) is 6. The number of rotatable bonds is 2. The van der Waals surface area contributed by atoms with E-state index in [0.717, 1.165) is 0 Å². The average Bonchev–Trinajstić information content (AvgIpc) is 2.86. The zero-order valence-corrected chi connectivity index (χ0v) is 11.5. The van der Waals surface area contributed by atoms with E-state index >= 15 is 0 Å². The first-order chi connectivity index (χ1) is 10.8. The normalized spacial score (nSPS) is 13.8. The van der Waals surface area contributed by atoms with Crippen LogP contribution >= 0.6 is 0 Å². The maximum Gasteiger partial charge on any atom is 0.218 e. The quantitative estimate of drug-likeness (QED) is 0.708. The fourth-order valence-electron chi connectivity index (χ4n) is 2.32. The van der Waals surface area contributed by atoms with Crippen molar-refractivity contribution in [3.63, 3.8) is 0 Å². The summed E-state index contributed by atoms with van der Waals surface area (Å²) in [6.45, 7) is 1.01. The second-order valence-corrected chi connectivity index (χ2v) is 4.75. The van der Waals surface area contributed by atoms with Crippen LogP contribution in [0.3, 0.4) is 0 Å². The number of aromatic hydroxyl groups is 1. The summed E-state index contributed by atoms with van der Waals surface area (Å²) in [6, 6.07) is 8.91. The molecule has 0 unspecified atom stereocenters. The van der Waals surface area contributed by atoms with Crippen LogP contribution in [0.1, 0.15) is 0 Å². The monoisotopic (exact) mass is 296 g/mol. The molecule has 2 aromatic heterocycles. The first-order valence-corrected chi connectivity index (χ1v) is 6.78. The highest BCUT2D eigenvalue weighted by Crippen LogP contribution is 2.42. The van der Waals surface area contributed by atoms with Gasteiger partial charge in [-0.2, -0.15) is 0 Å². The summed E-state index contributed by atoms with van der Waals surface area (Å²) in [7, 11) is 0. The Morgan fingerprint density at radius 1 is 1.09 bits per heavy atom. The van der Waals surface area contributed by atoms with E-state index in [1.807, 2.05) is 6.07 Å². The molecule has 110 valence electrons. The van der Waals surface area contributed by atoms with Crippen LogP contribution in [0.5, 0.6) is 17.4 Å². The van der Waals surface area contributed by atoms with Crippen LogP contribution in [-0.2, 0) is 0 Å². The molecule has 22 heavy (non-hydrogen) atoms. The minimum atomic E-state index is -0.0583. The Kier molecular flexibility index (Phi) is 2.89. The van der Waals surface area contributed by atoms with Crippen molar-refractivity contribution in [2.45, 2.75) is 0 Å². The summed E-state index contributed by atoms with van der Waals surface area (Å²) in [5.74, 6) is 1.69. The Morgan fingerprint density at radius 2 is 1.91 bits per heavy atom. The van der Waals surface area contributed by atoms with Crippen LogP contribution in [0.2, 0.25) is 0 Å². The van der Waals surface area contributed by atoms with E-state index in [4.69, 9.17) is 9.47 Å². The number of ether oxygens (including phenoxy) is 2. The number of nitrogens with zero attached hydrogens (tertiary/aromatic N) is 3. The number of benzene rings is 1. The molecule has 0 atom stereocenters. The highest BCUT2D eigenvalue weighted by atomic mass is 16.6. The third-order valence-electron chi connectivity index (χ3n) is 3.32. The fraction of sp³-hybridized carbons (Fsp3) is 0.133. The highest BCUT2D eigenvalue weighted by molar-refractivity contribution is 5.96. The first kappa shape index (κ1) is 12.6. The van der Waals surface area contributed by atoms with E-state index in [9.17, 15) is 5.11 Å². The predicted molar refractivity (Wildman–Crippen MR) is 79.4 cm³/mol. The number of nitrogens with one attached hydrogen (secondary N) is 1. The lowest BCUT2D eigenvalue weighted by molar-refractivity contribution is 0.172. The molecule has 1 aliphatic rings. The first-order valence-electron chi connectivity index (χ1n) is 6.78. The summed E-state index contributed by atoms with van der Waals surface area (Å²) >= 11 is 0. The van der Waals surface area contributed by atoms with Gasteiger partial charge in [0.05, 0.1) is 5.52 Å².